The summed E-state index contributed by atoms with van der Waals surface area (Å²) in [6.07, 6.45) is 2.02. The fraction of sp³-hybridized carbons (Fsp3) is 0.238. The Morgan fingerprint density at radius 3 is 2.87 bits per heavy atom. The molecule has 2 aromatic carbocycles. The van der Waals surface area contributed by atoms with Crippen molar-refractivity contribution in [1.29, 1.82) is 0 Å². The average molecular weight is 425 g/mol. The van der Waals surface area contributed by atoms with Crippen molar-refractivity contribution in [2.45, 2.75) is 17.4 Å². The van der Waals surface area contributed by atoms with E-state index in [-0.39, 0.29) is 17.5 Å². The molecule has 0 bridgehead atoms. The molecule has 0 N–H and O–H groups in total. The Balaban J connectivity index is 1.39. The van der Waals surface area contributed by atoms with E-state index in [1.807, 2.05) is 30.3 Å². The molecular weight excluding hydrogens is 406 g/mol. The molecule has 0 saturated carbocycles. The van der Waals surface area contributed by atoms with Crippen molar-refractivity contribution in [3.05, 3.63) is 65.3 Å². The van der Waals surface area contributed by atoms with Gasteiger partial charge >= 0.3 is 5.76 Å². The van der Waals surface area contributed by atoms with Crippen molar-refractivity contribution in [3.63, 3.8) is 0 Å². The third-order valence-electron chi connectivity index (χ3n) is 5.40. The van der Waals surface area contributed by atoms with E-state index in [4.69, 9.17) is 9.15 Å². The zero-order valence-corrected chi connectivity index (χ0v) is 17.0. The van der Waals surface area contributed by atoms with E-state index in [1.54, 1.807) is 13.2 Å². The minimum Gasteiger partial charge on any atom is -0.487 e. The predicted molar refractivity (Wildman–Crippen MR) is 111 cm³/mol. The maximum absolute atomic E-state index is 13.1. The van der Waals surface area contributed by atoms with Crippen LogP contribution in [0.5, 0.6) is 5.75 Å². The van der Waals surface area contributed by atoms with Crippen LogP contribution in [0.15, 0.2) is 68.8 Å². The van der Waals surface area contributed by atoms with E-state index in [9.17, 15) is 13.2 Å². The van der Waals surface area contributed by atoms with Gasteiger partial charge in [-0.15, -0.1) is 0 Å². The van der Waals surface area contributed by atoms with Gasteiger partial charge in [0.2, 0.25) is 10.0 Å². The molecular formula is C21H19N3O5S. The van der Waals surface area contributed by atoms with Gasteiger partial charge in [-0.1, -0.05) is 18.2 Å². The number of nitrogens with zero attached hydrogens (tertiary/aromatic N) is 3. The van der Waals surface area contributed by atoms with Crippen molar-refractivity contribution >= 4 is 32.0 Å². The first-order valence-corrected chi connectivity index (χ1v) is 11.0. The molecule has 0 spiro atoms. The number of pyridine rings is 1. The molecule has 5 rings (SSSR count). The van der Waals surface area contributed by atoms with Crippen LogP contribution in [-0.2, 0) is 17.1 Å². The number of hydrogen-bond acceptors (Lipinski definition) is 6. The van der Waals surface area contributed by atoms with Gasteiger partial charge in [-0.2, -0.15) is 4.31 Å². The Hall–Kier alpha value is -3.17. The number of fused-ring (bicyclic) bond motifs is 2. The minimum atomic E-state index is -3.72. The third-order valence-corrected chi connectivity index (χ3v) is 7.26. The van der Waals surface area contributed by atoms with Crippen LogP contribution < -0.4 is 10.5 Å². The van der Waals surface area contributed by atoms with Crippen LogP contribution in [0.2, 0.25) is 0 Å². The smallest absolute Gasteiger partial charge is 0.419 e. The van der Waals surface area contributed by atoms with Crippen molar-refractivity contribution in [3.8, 4) is 5.75 Å². The molecule has 0 aliphatic carbocycles. The number of rotatable bonds is 4. The summed E-state index contributed by atoms with van der Waals surface area (Å²) < 4.78 is 40.2. The third kappa shape index (κ3) is 3.06. The molecule has 1 saturated heterocycles. The summed E-state index contributed by atoms with van der Waals surface area (Å²) in [5, 5.41) is 0.969. The predicted octanol–water partition coefficient (Wildman–Crippen LogP) is 2.52. The molecule has 4 aromatic rings. The van der Waals surface area contributed by atoms with E-state index in [0.29, 0.717) is 29.8 Å². The summed E-state index contributed by atoms with van der Waals surface area (Å²) in [6.45, 7) is 0.599. The highest BCUT2D eigenvalue weighted by Gasteiger charge is 2.34. The van der Waals surface area contributed by atoms with Gasteiger partial charge in [-0.05, 0) is 36.8 Å². The quantitative estimate of drug-likeness (QED) is 0.499. The summed E-state index contributed by atoms with van der Waals surface area (Å²) in [7, 11) is -2.18. The first-order valence-electron chi connectivity index (χ1n) is 9.53. The number of ether oxygens (including phenoxy) is 1. The zero-order valence-electron chi connectivity index (χ0n) is 16.2. The Kier molecular flexibility index (Phi) is 4.37. The summed E-state index contributed by atoms with van der Waals surface area (Å²) >= 11 is 0. The fourth-order valence-electron chi connectivity index (χ4n) is 3.78. The molecule has 154 valence electrons. The largest absolute Gasteiger partial charge is 0.487 e. The monoisotopic (exact) mass is 425 g/mol. The first-order chi connectivity index (χ1) is 14.4. The number of para-hydroxylation sites is 1. The lowest BCUT2D eigenvalue weighted by Gasteiger charge is -2.18. The number of hydrogen-bond donors (Lipinski definition) is 0. The number of aryl methyl sites for hydroxylation is 1. The van der Waals surface area contributed by atoms with E-state index >= 15 is 0 Å². The average Bonchev–Trinajstić information content (AvgIpc) is 3.33. The van der Waals surface area contributed by atoms with Gasteiger partial charge in [-0.25, -0.2) is 13.2 Å². The number of oxazole rings is 1. The van der Waals surface area contributed by atoms with Crippen LogP contribution in [0.1, 0.15) is 6.42 Å². The van der Waals surface area contributed by atoms with Crippen LogP contribution in [0.4, 0.5) is 0 Å². The zero-order chi connectivity index (χ0) is 20.9. The highest BCUT2D eigenvalue weighted by Crippen LogP contribution is 2.29. The SMILES string of the molecule is Cn1c(=O)oc2ccc(S(=O)(=O)N3CC[C@@H](Oc4cccc5cccnc45)C3)cc21. The molecule has 8 nitrogen and oxygen atoms in total. The normalized spacial score (nSPS) is 17.7. The molecule has 1 atom stereocenters. The lowest BCUT2D eigenvalue weighted by molar-refractivity contribution is 0.218. The van der Waals surface area contributed by atoms with Crippen LogP contribution in [-0.4, -0.2) is 41.5 Å². The summed E-state index contributed by atoms with van der Waals surface area (Å²) in [5.41, 5.74) is 1.55. The fourth-order valence-corrected chi connectivity index (χ4v) is 5.29. The summed E-state index contributed by atoms with van der Waals surface area (Å²) in [6, 6.07) is 14.0. The molecule has 1 fully saturated rings. The molecule has 30 heavy (non-hydrogen) atoms. The van der Waals surface area contributed by atoms with Crippen LogP contribution >= 0.6 is 0 Å². The number of benzene rings is 2. The van der Waals surface area contributed by atoms with Gasteiger partial charge < -0.3 is 9.15 Å². The van der Waals surface area contributed by atoms with E-state index in [0.717, 1.165) is 10.9 Å². The Labute approximate surface area is 172 Å². The van der Waals surface area contributed by atoms with Gasteiger partial charge in [0.05, 0.1) is 17.0 Å². The summed E-state index contributed by atoms with van der Waals surface area (Å²) in [5.74, 6) is 0.116. The summed E-state index contributed by atoms with van der Waals surface area (Å²) in [4.78, 5) is 16.2. The Morgan fingerprint density at radius 2 is 2.00 bits per heavy atom. The van der Waals surface area contributed by atoms with Gasteiger partial charge in [0.15, 0.2) is 5.58 Å². The van der Waals surface area contributed by atoms with E-state index < -0.39 is 15.8 Å². The van der Waals surface area contributed by atoms with Crippen molar-refractivity contribution in [2.75, 3.05) is 13.1 Å². The lowest BCUT2D eigenvalue weighted by Crippen LogP contribution is -2.31. The topological polar surface area (TPSA) is 94.6 Å². The van der Waals surface area contributed by atoms with Gasteiger partial charge in [0.1, 0.15) is 17.4 Å². The number of sulfonamides is 1. The van der Waals surface area contributed by atoms with Crippen LogP contribution in [0, 0.1) is 0 Å². The first kappa shape index (κ1) is 18.8. The second-order valence-electron chi connectivity index (χ2n) is 7.28. The van der Waals surface area contributed by atoms with Crippen LogP contribution in [0.3, 0.4) is 0 Å². The Bertz CT molecular complexity index is 1420. The lowest BCUT2D eigenvalue weighted by atomic mass is 10.2. The second kappa shape index (κ2) is 6.96. The molecule has 9 heteroatoms. The van der Waals surface area contributed by atoms with Crippen molar-refractivity contribution in [2.24, 2.45) is 7.05 Å². The standard InChI is InChI=1S/C21H19N3O5S/c1-23-17-12-16(7-8-18(17)29-21(23)25)30(26,27)24-11-9-15(13-24)28-19-6-2-4-14-5-3-10-22-20(14)19/h2-8,10,12,15H,9,11,13H2,1H3/t15-/m1/s1. The highest BCUT2D eigenvalue weighted by molar-refractivity contribution is 7.89. The molecule has 3 heterocycles. The molecule has 1 aliphatic rings. The maximum Gasteiger partial charge on any atom is 0.419 e. The highest BCUT2D eigenvalue weighted by atomic mass is 32.2. The minimum absolute atomic E-state index is 0.124. The van der Waals surface area contributed by atoms with Crippen LogP contribution in [0.25, 0.3) is 22.0 Å². The van der Waals surface area contributed by atoms with Gasteiger partial charge in [0.25, 0.3) is 0 Å². The number of aromatic nitrogens is 2. The maximum atomic E-state index is 13.1. The Morgan fingerprint density at radius 1 is 1.17 bits per heavy atom. The molecule has 0 unspecified atom stereocenters. The van der Waals surface area contributed by atoms with E-state index in [2.05, 4.69) is 4.98 Å². The van der Waals surface area contributed by atoms with E-state index in [1.165, 1.54) is 27.1 Å². The van der Waals surface area contributed by atoms with Crippen molar-refractivity contribution in [1.82, 2.24) is 13.9 Å². The molecule has 0 amide bonds. The van der Waals surface area contributed by atoms with Crippen molar-refractivity contribution < 1.29 is 17.6 Å². The second-order valence-corrected chi connectivity index (χ2v) is 9.22. The van der Waals surface area contributed by atoms with Gasteiger partial charge in [-0.3, -0.25) is 9.55 Å². The molecule has 1 aliphatic heterocycles. The molecule has 2 aromatic heterocycles. The molecule has 0 radical (unpaired) electrons. The van der Waals surface area contributed by atoms with Gasteiger partial charge in [0, 0.05) is 25.2 Å².